The number of fused-ring (bicyclic) bond motifs is 1. The highest BCUT2D eigenvalue weighted by Gasteiger charge is 2.38. The van der Waals surface area contributed by atoms with Crippen LogP contribution in [0.5, 0.6) is 5.75 Å². The van der Waals surface area contributed by atoms with Crippen LogP contribution >= 0.6 is 11.3 Å². The number of hydrogen-bond donors (Lipinski definition) is 3. The van der Waals surface area contributed by atoms with Crippen LogP contribution in [0.1, 0.15) is 18.7 Å². The van der Waals surface area contributed by atoms with Crippen molar-refractivity contribution in [1.82, 2.24) is 10.2 Å². The van der Waals surface area contributed by atoms with Crippen molar-refractivity contribution in [3.05, 3.63) is 29.1 Å². The number of rotatable bonds is 2. The number of alkyl halides is 3. The summed E-state index contributed by atoms with van der Waals surface area (Å²) < 4.78 is 32.8. The summed E-state index contributed by atoms with van der Waals surface area (Å²) in [5.41, 5.74) is -0.0495. The van der Waals surface area contributed by atoms with Gasteiger partial charge in [0, 0.05) is 33.6 Å². The van der Waals surface area contributed by atoms with Gasteiger partial charge in [0.25, 0.3) is 0 Å². The fraction of sp³-hybridized carbons (Fsp3) is 0.412. The summed E-state index contributed by atoms with van der Waals surface area (Å²) in [6, 6.07) is 7.60. The Morgan fingerprint density at radius 2 is 2.00 bits per heavy atom. The van der Waals surface area contributed by atoms with Gasteiger partial charge in [-0.2, -0.15) is 13.2 Å². The monoisotopic (exact) mass is 404 g/mol. The van der Waals surface area contributed by atoms with E-state index < -0.39 is 12.1 Å². The van der Waals surface area contributed by atoms with E-state index >= 15 is 0 Å². The third-order valence-electron chi connectivity index (χ3n) is 4.09. The molecule has 1 amide bonds. The van der Waals surface area contributed by atoms with Crippen LogP contribution in [-0.4, -0.2) is 51.8 Å². The number of nitrogens with zero attached hydrogens (tertiary/aromatic N) is 1. The van der Waals surface area contributed by atoms with Gasteiger partial charge in [-0.25, -0.2) is 4.79 Å². The summed E-state index contributed by atoms with van der Waals surface area (Å²) in [7, 11) is 0. The molecule has 1 aromatic carbocycles. The maximum atomic E-state index is 11.6. The molecule has 1 aliphatic rings. The molecule has 0 unspecified atom stereocenters. The van der Waals surface area contributed by atoms with E-state index in [2.05, 4.69) is 24.1 Å². The molecule has 3 rings (SSSR count). The van der Waals surface area contributed by atoms with Gasteiger partial charge < -0.3 is 15.5 Å². The first-order valence-corrected chi connectivity index (χ1v) is 8.74. The van der Waals surface area contributed by atoms with Crippen molar-refractivity contribution in [3.63, 3.8) is 0 Å². The second-order valence-electron chi connectivity index (χ2n) is 6.65. The molecule has 2 aromatic rings. The summed E-state index contributed by atoms with van der Waals surface area (Å²) in [4.78, 5) is 23.8. The summed E-state index contributed by atoms with van der Waals surface area (Å²) in [5, 5.41) is 20.8. The minimum Gasteiger partial charge on any atom is -0.507 e. The van der Waals surface area contributed by atoms with Crippen molar-refractivity contribution in [2.24, 2.45) is 0 Å². The largest absolute Gasteiger partial charge is 0.507 e. The zero-order valence-corrected chi connectivity index (χ0v) is 15.4. The van der Waals surface area contributed by atoms with Gasteiger partial charge in [-0.05, 0) is 32.0 Å². The minimum atomic E-state index is -5.08. The Bertz CT molecular complexity index is 848. The first-order valence-electron chi connectivity index (χ1n) is 7.92. The quantitative estimate of drug-likeness (QED) is 0.716. The molecule has 0 saturated carbocycles. The molecule has 27 heavy (non-hydrogen) atoms. The van der Waals surface area contributed by atoms with Crippen LogP contribution in [0.3, 0.4) is 0 Å². The molecule has 0 spiro atoms. The maximum Gasteiger partial charge on any atom is 0.490 e. The number of benzene rings is 1. The standard InChI is InChI=1S/C15H18N2O2S.C2HF3O2/c1-15(2)9-16-14(19)8-17(15)7-10-6-11-12(18)4-3-5-13(11)20-10;3-2(4,5)1(6)7/h3-6,18H,7-9H2,1-2H3,(H,16,19);(H,6,7). The average Bonchev–Trinajstić information content (AvgIpc) is 2.95. The Morgan fingerprint density at radius 1 is 1.37 bits per heavy atom. The van der Waals surface area contributed by atoms with E-state index in [0.717, 1.165) is 16.6 Å². The van der Waals surface area contributed by atoms with Gasteiger partial charge in [-0.15, -0.1) is 11.3 Å². The lowest BCUT2D eigenvalue weighted by Crippen LogP contribution is -2.59. The van der Waals surface area contributed by atoms with Gasteiger partial charge in [-0.1, -0.05) is 6.07 Å². The Morgan fingerprint density at radius 3 is 2.56 bits per heavy atom. The van der Waals surface area contributed by atoms with Crippen molar-refractivity contribution in [2.75, 3.05) is 13.1 Å². The molecular formula is C17H19F3N2O4S. The number of carbonyl (C=O) groups is 2. The molecule has 1 aromatic heterocycles. The number of hydrogen-bond acceptors (Lipinski definition) is 5. The van der Waals surface area contributed by atoms with Gasteiger partial charge >= 0.3 is 12.1 Å². The molecule has 10 heteroatoms. The predicted molar refractivity (Wildman–Crippen MR) is 94.7 cm³/mol. The van der Waals surface area contributed by atoms with E-state index in [1.54, 1.807) is 17.4 Å². The molecule has 3 N–H and O–H groups in total. The lowest BCUT2D eigenvalue weighted by molar-refractivity contribution is -0.192. The fourth-order valence-corrected chi connectivity index (χ4v) is 3.60. The predicted octanol–water partition coefficient (Wildman–Crippen LogP) is 2.95. The van der Waals surface area contributed by atoms with Crippen molar-refractivity contribution >= 4 is 33.3 Å². The molecule has 1 aliphatic heterocycles. The molecule has 2 heterocycles. The van der Waals surface area contributed by atoms with Crippen LogP contribution in [-0.2, 0) is 16.1 Å². The number of carboxylic acids is 1. The minimum absolute atomic E-state index is 0.0495. The van der Waals surface area contributed by atoms with Crippen LogP contribution in [0.4, 0.5) is 13.2 Å². The van der Waals surface area contributed by atoms with Crippen LogP contribution in [0.25, 0.3) is 10.1 Å². The second kappa shape index (κ2) is 7.73. The number of carboxylic acid groups (broad SMARTS) is 1. The number of carbonyl (C=O) groups excluding carboxylic acids is 1. The van der Waals surface area contributed by atoms with E-state index in [1.807, 2.05) is 18.2 Å². The molecule has 6 nitrogen and oxygen atoms in total. The van der Waals surface area contributed by atoms with Crippen LogP contribution in [0.2, 0.25) is 0 Å². The van der Waals surface area contributed by atoms with Crippen LogP contribution in [0, 0.1) is 0 Å². The number of piperazine rings is 1. The van der Waals surface area contributed by atoms with Gasteiger partial charge in [0.1, 0.15) is 5.75 Å². The lowest BCUT2D eigenvalue weighted by atomic mass is 10.00. The Balaban J connectivity index is 0.000000321. The molecule has 1 fully saturated rings. The number of phenolic OH excluding ortho intramolecular Hbond substituents is 1. The molecule has 0 radical (unpaired) electrons. The van der Waals surface area contributed by atoms with Gasteiger partial charge in [-0.3, -0.25) is 9.69 Å². The molecule has 148 valence electrons. The number of aromatic hydroxyl groups is 1. The van der Waals surface area contributed by atoms with Crippen LogP contribution in [0.15, 0.2) is 24.3 Å². The van der Waals surface area contributed by atoms with Gasteiger partial charge in [0.15, 0.2) is 0 Å². The first kappa shape index (κ1) is 21.0. The third-order valence-corrected chi connectivity index (χ3v) is 5.17. The van der Waals surface area contributed by atoms with Crippen molar-refractivity contribution in [2.45, 2.75) is 32.1 Å². The van der Waals surface area contributed by atoms with Crippen molar-refractivity contribution < 1.29 is 33.0 Å². The van der Waals surface area contributed by atoms with Crippen LogP contribution < -0.4 is 5.32 Å². The highest BCUT2D eigenvalue weighted by Crippen LogP contribution is 2.33. The zero-order valence-electron chi connectivity index (χ0n) is 14.6. The fourth-order valence-electron chi connectivity index (χ4n) is 2.50. The number of amides is 1. The number of nitrogens with one attached hydrogen (secondary N) is 1. The molecular weight excluding hydrogens is 385 g/mol. The highest BCUT2D eigenvalue weighted by molar-refractivity contribution is 7.19. The maximum absolute atomic E-state index is 11.6. The summed E-state index contributed by atoms with van der Waals surface area (Å²) in [6.45, 7) is 6.10. The molecule has 0 aliphatic carbocycles. The van der Waals surface area contributed by atoms with Crippen molar-refractivity contribution in [3.8, 4) is 5.75 Å². The zero-order chi connectivity index (χ0) is 20.4. The summed E-state index contributed by atoms with van der Waals surface area (Å²) >= 11 is 1.67. The highest BCUT2D eigenvalue weighted by atomic mass is 32.1. The Hall–Kier alpha value is -2.33. The number of thiophene rings is 1. The van der Waals surface area contributed by atoms with E-state index in [9.17, 15) is 23.1 Å². The van der Waals surface area contributed by atoms with E-state index in [4.69, 9.17) is 9.90 Å². The normalized spacial score (nSPS) is 17.1. The smallest absolute Gasteiger partial charge is 0.490 e. The van der Waals surface area contributed by atoms with E-state index in [0.29, 0.717) is 18.8 Å². The van der Waals surface area contributed by atoms with E-state index in [1.165, 1.54) is 4.88 Å². The Labute approximate surface area is 157 Å². The number of halogens is 3. The molecule has 0 atom stereocenters. The summed E-state index contributed by atoms with van der Waals surface area (Å²) in [5.74, 6) is -2.36. The SMILES string of the molecule is CC1(C)CNC(=O)CN1Cc1cc2c(O)cccc2s1.O=C(O)C(F)(F)F. The van der Waals surface area contributed by atoms with Gasteiger partial charge in [0.05, 0.1) is 6.54 Å². The average molecular weight is 404 g/mol. The lowest BCUT2D eigenvalue weighted by Gasteiger charge is -2.41. The van der Waals surface area contributed by atoms with Gasteiger partial charge in [0.2, 0.25) is 5.91 Å². The van der Waals surface area contributed by atoms with Crippen molar-refractivity contribution in [1.29, 1.82) is 0 Å². The number of phenols is 1. The third kappa shape index (κ3) is 5.33. The van der Waals surface area contributed by atoms with E-state index in [-0.39, 0.29) is 11.4 Å². The molecule has 1 saturated heterocycles. The number of aliphatic carboxylic acids is 1. The first-order chi connectivity index (χ1) is 12.4. The second-order valence-corrected chi connectivity index (χ2v) is 7.82. The Kier molecular flexibility index (Phi) is 6.01. The molecule has 0 bridgehead atoms. The topological polar surface area (TPSA) is 89.9 Å². The summed E-state index contributed by atoms with van der Waals surface area (Å²) in [6.07, 6.45) is -5.08.